The van der Waals surface area contributed by atoms with Crippen molar-refractivity contribution >= 4 is 17.9 Å². The van der Waals surface area contributed by atoms with E-state index in [1.54, 1.807) is 36.4 Å². The van der Waals surface area contributed by atoms with Crippen LogP contribution in [0.5, 0.6) is 0 Å². The maximum Gasteiger partial charge on any atom is 0.339 e. The minimum absolute atomic E-state index is 0.216. The number of carbonyl (C=O) groups is 3. The SMILES string of the molecule is CC(C)COC(=O)c1ccccc1C(=O)OCC(C)C.CCCCCCOC(=O)c1ccccc1. The van der Waals surface area contributed by atoms with Gasteiger partial charge in [-0.3, -0.25) is 0 Å². The number of ether oxygens (including phenoxy) is 3. The van der Waals surface area contributed by atoms with E-state index in [1.165, 1.54) is 12.8 Å². The third-order valence-electron chi connectivity index (χ3n) is 4.70. The zero-order valence-corrected chi connectivity index (χ0v) is 21.8. The largest absolute Gasteiger partial charge is 0.462 e. The molecule has 0 saturated heterocycles. The lowest BCUT2D eigenvalue weighted by Crippen LogP contribution is -2.17. The Hall–Kier alpha value is -3.15. The Bertz CT molecular complexity index is 846. The summed E-state index contributed by atoms with van der Waals surface area (Å²) >= 11 is 0. The Morgan fingerprint density at radius 1 is 0.629 bits per heavy atom. The number of unbranched alkanes of at least 4 members (excludes halogenated alkanes) is 3. The monoisotopic (exact) mass is 484 g/mol. The van der Waals surface area contributed by atoms with Crippen molar-refractivity contribution in [3.63, 3.8) is 0 Å². The Morgan fingerprint density at radius 2 is 1.11 bits per heavy atom. The quantitative estimate of drug-likeness (QED) is 0.189. The molecule has 192 valence electrons. The molecule has 0 spiro atoms. The van der Waals surface area contributed by atoms with Crippen LogP contribution in [0.15, 0.2) is 54.6 Å². The van der Waals surface area contributed by atoms with Gasteiger partial charge in [0, 0.05) is 0 Å². The molecule has 0 amide bonds. The van der Waals surface area contributed by atoms with E-state index in [2.05, 4.69) is 6.92 Å². The zero-order chi connectivity index (χ0) is 26.1. The molecule has 0 aliphatic rings. The number of hydrogen-bond donors (Lipinski definition) is 0. The van der Waals surface area contributed by atoms with Gasteiger partial charge in [0.2, 0.25) is 0 Å². The summed E-state index contributed by atoms with van der Waals surface area (Å²) in [6.45, 7) is 11.2. The molecule has 6 nitrogen and oxygen atoms in total. The summed E-state index contributed by atoms with van der Waals surface area (Å²) in [5, 5.41) is 0. The van der Waals surface area contributed by atoms with Gasteiger partial charge in [-0.15, -0.1) is 0 Å². The molecule has 0 radical (unpaired) electrons. The van der Waals surface area contributed by atoms with Gasteiger partial charge in [0.15, 0.2) is 0 Å². The molecule has 0 unspecified atom stereocenters. The van der Waals surface area contributed by atoms with Gasteiger partial charge >= 0.3 is 17.9 Å². The lowest BCUT2D eigenvalue weighted by molar-refractivity contribution is 0.0412. The lowest BCUT2D eigenvalue weighted by atomic mass is 10.1. The summed E-state index contributed by atoms with van der Waals surface area (Å²) in [5.41, 5.74) is 1.14. The summed E-state index contributed by atoms with van der Waals surface area (Å²) in [6.07, 6.45) is 4.51. The van der Waals surface area contributed by atoms with Crippen LogP contribution in [0.1, 0.15) is 91.4 Å². The number of carbonyl (C=O) groups excluding carboxylic acids is 3. The Kier molecular flexibility index (Phi) is 14.8. The van der Waals surface area contributed by atoms with E-state index in [1.807, 2.05) is 45.9 Å². The third-order valence-corrected chi connectivity index (χ3v) is 4.70. The second kappa shape index (κ2) is 17.3. The van der Waals surface area contributed by atoms with E-state index in [0.29, 0.717) is 25.4 Å². The molecule has 35 heavy (non-hydrogen) atoms. The molecule has 0 bridgehead atoms. The van der Waals surface area contributed by atoms with Crippen molar-refractivity contribution in [3.8, 4) is 0 Å². The maximum absolute atomic E-state index is 12.0. The minimum Gasteiger partial charge on any atom is -0.462 e. The van der Waals surface area contributed by atoms with Gasteiger partial charge in [-0.25, -0.2) is 14.4 Å². The lowest BCUT2D eigenvalue weighted by Gasteiger charge is -2.11. The zero-order valence-electron chi connectivity index (χ0n) is 21.8. The summed E-state index contributed by atoms with van der Waals surface area (Å²) in [6, 6.07) is 15.7. The molecule has 6 heteroatoms. The third kappa shape index (κ3) is 12.8. The van der Waals surface area contributed by atoms with Crippen LogP contribution in [-0.2, 0) is 14.2 Å². The van der Waals surface area contributed by atoms with Crippen molar-refractivity contribution in [2.75, 3.05) is 19.8 Å². The molecular weight excluding hydrogens is 444 g/mol. The molecule has 0 heterocycles. The first-order chi connectivity index (χ1) is 16.8. The first-order valence-corrected chi connectivity index (χ1v) is 12.4. The van der Waals surface area contributed by atoms with Crippen LogP contribution < -0.4 is 0 Å². The number of esters is 3. The molecule has 0 atom stereocenters. The van der Waals surface area contributed by atoms with Gasteiger partial charge in [0.25, 0.3) is 0 Å². The molecular formula is C29H40O6. The van der Waals surface area contributed by atoms with Gasteiger partial charge in [0.1, 0.15) is 0 Å². The summed E-state index contributed by atoms with van der Waals surface area (Å²) in [5.74, 6) is -0.697. The molecule has 0 aliphatic carbocycles. The first-order valence-electron chi connectivity index (χ1n) is 12.4. The summed E-state index contributed by atoms with van der Waals surface area (Å²) in [4.78, 5) is 35.4. The van der Waals surface area contributed by atoms with Gasteiger partial charge in [-0.2, -0.15) is 0 Å². The molecule has 0 saturated carbocycles. The smallest absolute Gasteiger partial charge is 0.339 e. The van der Waals surface area contributed by atoms with Crippen LogP contribution >= 0.6 is 0 Å². The van der Waals surface area contributed by atoms with E-state index < -0.39 is 11.9 Å². The summed E-state index contributed by atoms with van der Waals surface area (Å²) in [7, 11) is 0. The van der Waals surface area contributed by atoms with Crippen LogP contribution in [0.2, 0.25) is 0 Å². The van der Waals surface area contributed by atoms with Gasteiger partial charge < -0.3 is 14.2 Å². The van der Waals surface area contributed by atoms with Crippen LogP contribution in [-0.4, -0.2) is 37.7 Å². The fraction of sp³-hybridized carbons (Fsp3) is 0.483. The van der Waals surface area contributed by atoms with E-state index >= 15 is 0 Å². The Labute approximate surface area is 210 Å². The van der Waals surface area contributed by atoms with Crippen molar-refractivity contribution in [2.45, 2.75) is 60.3 Å². The average molecular weight is 485 g/mol. The summed E-state index contributed by atoms with van der Waals surface area (Å²) < 4.78 is 15.5. The van der Waals surface area contributed by atoms with Crippen LogP contribution in [0.25, 0.3) is 0 Å². The van der Waals surface area contributed by atoms with Gasteiger partial charge in [0.05, 0.1) is 36.5 Å². The normalized spacial score (nSPS) is 10.4. The first kappa shape index (κ1) is 29.9. The van der Waals surface area contributed by atoms with Crippen molar-refractivity contribution < 1.29 is 28.6 Å². The highest BCUT2D eigenvalue weighted by atomic mass is 16.5. The fourth-order valence-corrected chi connectivity index (χ4v) is 2.83. The van der Waals surface area contributed by atoms with Crippen LogP contribution in [0.4, 0.5) is 0 Å². The minimum atomic E-state index is -0.490. The molecule has 0 fully saturated rings. The Morgan fingerprint density at radius 3 is 1.57 bits per heavy atom. The van der Waals surface area contributed by atoms with E-state index in [9.17, 15) is 14.4 Å². The van der Waals surface area contributed by atoms with Crippen molar-refractivity contribution in [2.24, 2.45) is 11.8 Å². The second-order valence-corrected chi connectivity index (χ2v) is 9.09. The van der Waals surface area contributed by atoms with Gasteiger partial charge in [-0.1, -0.05) is 84.2 Å². The topological polar surface area (TPSA) is 78.9 Å². The van der Waals surface area contributed by atoms with Crippen molar-refractivity contribution in [1.82, 2.24) is 0 Å². The molecule has 0 aliphatic heterocycles. The Balaban J connectivity index is 0.000000365. The van der Waals surface area contributed by atoms with Crippen LogP contribution in [0.3, 0.4) is 0 Å². The highest BCUT2D eigenvalue weighted by Crippen LogP contribution is 2.13. The highest BCUT2D eigenvalue weighted by molar-refractivity contribution is 6.03. The maximum atomic E-state index is 12.0. The molecule has 2 aromatic rings. The highest BCUT2D eigenvalue weighted by Gasteiger charge is 2.19. The van der Waals surface area contributed by atoms with Gasteiger partial charge in [-0.05, 0) is 42.5 Å². The second-order valence-electron chi connectivity index (χ2n) is 9.09. The molecule has 0 aromatic heterocycles. The number of hydrogen-bond acceptors (Lipinski definition) is 6. The molecule has 2 rings (SSSR count). The van der Waals surface area contributed by atoms with E-state index in [-0.39, 0.29) is 28.9 Å². The fourth-order valence-electron chi connectivity index (χ4n) is 2.83. The van der Waals surface area contributed by atoms with Crippen molar-refractivity contribution in [1.29, 1.82) is 0 Å². The predicted octanol–water partition coefficient (Wildman–Crippen LogP) is 6.74. The molecule has 0 N–H and O–H groups in total. The molecule has 2 aromatic carbocycles. The standard InChI is InChI=1S/C16H22O4.C13H18O2/c1-11(2)9-19-15(17)13-7-5-6-8-14(13)16(18)20-10-12(3)4;1-2-3-4-8-11-15-13(14)12-9-6-5-7-10-12/h5-8,11-12H,9-10H2,1-4H3;5-7,9-10H,2-4,8,11H2,1H3. The van der Waals surface area contributed by atoms with Crippen molar-refractivity contribution in [3.05, 3.63) is 71.3 Å². The number of rotatable bonds is 12. The number of benzene rings is 2. The average Bonchev–Trinajstić information content (AvgIpc) is 2.86. The van der Waals surface area contributed by atoms with Crippen LogP contribution in [0, 0.1) is 11.8 Å². The predicted molar refractivity (Wildman–Crippen MR) is 138 cm³/mol. The van der Waals surface area contributed by atoms with E-state index in [0.717, 1.165) is 12.8 Å². The van der Waals surface area contributed by atoms with E-state index in [4.69, 9.17) is 14.2 Å².